The minimum atomic E-state index is 0.395. The largest absolute Gasteiger partial charge is 0.494 e. The van der Waals surface area contributed by atoms with Crippen molar-refractivity contribution in [3.63, 3.8) is 0 Å². The summed E-state index contributed by atoms with van der Waals surface area (Å²) in [6, 6.07) is 3.56. The summed E-state index contributed by atoms with van der Waals surface area (Å²) in [6.45, 7) is 0.395. The molecule has 0 atom stereocenters. The molecule has 90 valence electrons. The molecule has 5 nitrogen and oxygen atoms in total. The van der Waals surface area contributed by atoms with Gasteiger partial charge in [0, 0.05) is 19.2 Å². The van der Waals surface area contributed by atoms with Crippen molar-refractivity contribution >= 4 is 5.69 Å². The van der Waals surface area contributed by atoms with E-state index in [-0.39, 0.29) is 0 Å². The predicted molar refractivity (Wildman–Crippen MR) is 61.6 cm³/mol. The molecule has 0 amide bonds. The monoisotopic (exact) mass is 227 g/mol. The maximum absolute atomic E-state index is 5.23. The van der Waals surface area contributed by atoms with E-state index in [9.17, 15) is 0 Å². The number of rotatable bonds is 6. The Balaban J connectivity index is 3.05. The lowest BCUT2D eigenvalue weighted by Crippen LogP contribution is -2.05. The van der Waals surface area contributed by atoms with Crippen LogP contribution in [0.15, 0.2) is 12.1 Å². The summed E-state index contributed by atoms with van der Waals surface area (Å²) in [7, 11) is 6.38. The summed E-state index contributed by atoms with van der Waals surface area (Å²) < 4.78 is 20.5. The van der Waals surface area contributed by atoms with Gasteiger partial charge in [0.15, 0.2) is 11.5 Å². The van der Waals surface area contributed by atoms with Crippen LogP contribution in [0, 0.1) is 0 Å². The Hall–Kier alpha value is -1.62. The molecule has 0 spiro atoms. The fourth-order valence-corrected chi connectivity index (χ4v) is 1.32. The maximum atomic E-state index is 5.23. The van der Waals surface area contributed by atoms with Gasteiger partial charge in [0.05, 0.1) is 27.0 Å². The van der Waals surface area contributed by atoms with Crippen LogP contribution in [0.4, 0.5) is 5.69 Å². The molecule has 0 saturated heterocycles. The molecule has 5 heteroatoms. The highest BCUT2D eigenvalue weighted by molar-refractivity contribution is 5.64. The van der Waals surface area contributed by atoms with Gasteiger partial charge in [-0.15, -0.1) is 0 Å². The topological polar surface area (TPSA) is 49.0 Å². The second kappa shape index (κ2) is 6.07. The molecule has 1 rings (SSSR count). The fraction of sp³-hybridized carbons (Fsp3) is 0.455. The summed E-state index contributed by atoms with van der Waals surface area (Å²) >= 11 is 0. The van der Waals surface area contributed by atoms with Gasteiger partial charge in [-0.25, -0.2) is 0 Å². The van der Waals surface area contributed by atoms with Crippen LogP contribution >= 0.6 is 0 Å². The first-order valence-electron chi connectivity index (χ1n) is 4.79. The van der Waals surface area contributed by atoms with Gasteiger partial charge in [-0.05, 0) is 0 Å². The number of hydrogen-bond acceptors (Lipinski definition) is 5. The van der Waals surface area contributed by atoms with Crippen molar-refractivity contribution in [2.45, 2.75) is 0 Å². The van der Waals surface area contributed by atoms with Crippen molar-refractivity contribution in [2.75, 3.05) is 40.5 Å². The summed E-state index contributed by atoms with van der Waals surface area (Å²) in [5, 5.41) is 3.06. The van der Waals surface area contributed by atoms with Crippen LogP contribution in [-0.4, -0.2) is 35.2 Å². The third-order valence-corrected chi connectivity index (χ3v) is 2.11. The molecule has 0 radical (unpaired) electrons. The van der Waals surface area contributed by atoms with Crippen molar-refractivity contribution in [3.05, 3.63) is 12.1 Å². The number of benzene rings is 1. The molecule has 0 unspecified atom stereocenters. The van der Waals surface area contributed by atoms with Crippen LogP contribution in [0.25, 0.3) is 0 Å². The first kappa shape index (κ1) is 12.4. The van der Waals surface area contributed by atoms with E-state index in [2.05, 4.69) is 5.32 Å². The molecule has 16 heavy (non-hydrogen) atoms. The Morgan fingerprint density at radius 2 is 1.44 bits per heavy atom. The molecule has 0 fully saturated rings. The highest BCUT2D eigenvalue weighted by Crippen LogP contribution is 2.37. The zero-order valence-electron chi connectivity index (χ0n) is 9.99. The number of nitrogens with one attached hydrogen (secondary N) is 1. The second-order valence-corrected chi connectivity index (χ2v) is 3.02. The zero-order chi connectivity index (χ0) is 12.0. The van der Waals surface area contributed by atoms with E-state index < -0.39 is 0 Å². The highest BCUT2D eigenvalue weighted by Gasteiger charge is 2.10. The number of hydrogen-bond donors (Lipinski definition) is 1. The minimum absolute atomic E-state index is 0.395. The Bertz CT molecular complexity index is 341. The third-order valence-electron chi connectivity index (χ3n) is 2.11. The molecule has 0 aliphatic rings. The average molecular weight is 227 g/mol. The van der Waals surface area contributed by atoms with Crippen LogP contribution in [0.1, 0.15) is 0 Å². The zero-order valence-corrected chi connectivity index (χ0v) is 9.99. The van der Waals surface area contributed by atoms with Gasteiger partial charge in [0.1, 0.15) is 12.5 Å². The van der Waals surface area contributed by atoms with Gasteiger partial charge in [0.25, 0.3) is 0 Å². The van der Waals surface area contributed by atoms with Gasteiger partial charge in [0.2, 0.25) is 0 Å². The van der Waals surface area contributed by atoms with Crippen LogP contribution in [-0.2, 0) is 4.74 Å². The standard InChI is InChI=1S/C11H17NO4/c1-13-7-12-8-5-10(15-3)11(16-4)6-9(8)14-2/h5-6,12H,7H2,1-4H3. The molecule has 0 saturated carbocycles. The van der Waals surface area contributed by atoms with Gasteiger partial charge in [-0.3, -0.25) is 0 Å². The quantitative estimate of drug-likeness (QED) is 0.750. The number of anilines is 1. The summed E-state index contributed by atoms with van der Waals surface area (Å²) in [5.74, 6) is 1.94. The molecule has 1 aromatic rings. The second-order valence-electron chi connectivity index (χ2n) is 3.02. The van der Waals surface area contributed by atoms with E-state index in [4.69, 9.17) is 18.9 Å². The van der Waals surface area contributed by atoms with Crippen LogP contribution in [0.3, 0.4) is 0 Å². The van der Waals surface area contributed by atoms with Gasteiger partial charge in [-0.2, -0.15) is 0 Å². The van der Waals surface area contributed by atoms with Gasteiger partial charge in [-0.1, -0.05) is 0 Å². The normalized spacial score (nSPS) is 9.75. The molecule has 1 aromatic carbocycles. The molecular weight excluding hydrogens is 210 g/mol. The van der Waals surface area contributed by atoms with Crippen molar-refractivity contribution in [3.8, 4) is 17.2 Å². The van der Waals surface area contributed by atoms with E-state index >= 15 is 0 Å². The predicted octanol–water partition coefficient (Wildman–Crippen LogP) is 1.73. The minimum Gasteiger partial charge on any atom is -0.494 e. The molecule has 0 aromatic heterocycles. The summed E-state index contributed by atoms with van der Waals surface area (Å²) in [4.78, 5) is 0. The highest BCUT2D eigenvalue weighted by atomic mass is 16.5. The van der Waals surface area contributed by atoms with Crippen molar-refractivity contribution in [1.82, 2.24) is 0 Å². The lowest BCUT2D eigenvalue weighted by Gasteiger charge is -2.14. The maximum Gasteiger partial charge on any atom is 0.164 e. The van der Waals surface area contributed by atoms with Gasteiger partial charge < -0.3 is 24.3 Å². The van der Waals surface area contributed by atoms with Crippen LogP contribution in [0.5, 0.6) is 17.2 Å². The number of ether oxygens (including phenoxy) is 4. The summed E-state index contributed by atoms with van der Waals surface area (Å²) in [6.07, 6.45) is 0. The summed E-state index contributed by atoms with van der Waals surface area (Å²) in [5.41, 5.74) is 0.794. The first-order chi connectivity index (χ1) is 7.76. The molecular formula is C11H17NO4. The smallest absolute Gasteiger partial charge is 0.164 e. The molecule has 0 heterocycles. The van der Waals surface area contributed by atoms with Crippen LogP contribution < -0.4 is 19.5 Å². The van der Waals surface area contributed by atoms with Crippen molar-refractivity contribution in [2.24, 2.45) is 0 Å². The van der Waals surface area contributed by atoms with Crippen molar-refractivity contribution in [1.29, 1.82) is 0 Å². The fourth-order valence-electron chi connectivity index (χ4n) is 1.32. The Labute approximate surface area is 95.3 Å². The Kier molecular flexibility index (Phi) is 4.72. The third kappa shape index (κ3) is 2.70. The van der Waals surface area contributed by atoms with E-state index in [1.54, 1.807) is 40.6 Å². The SMILES string of the molecule is COCNc1cc(OC)c(OC)cc1OC. The Morgan fingerprint density at radius 1 is 0.875 bits per heavy atom. The molecule has 0 aliphatic heterocycles. The Morgan fingerprint density at radius 3 is 1.94 bits per heavy atom. The molecule has 1 N–H and O–H groups in total. The van der Waals surface area contributed by atoms with E-state index in [0.29, 0.717) is 24.0 Å². The van der Waals surface area contributed by atoms with Gasteiger partial charge >= 0.3 is 0 Å². The molecule has 0 bridgehead atoms. The van der Waals surface area contributed by atoms with E-state index in [1.807, 2.05) is 0 Å². The lowest BCUT2D eigenvalue weighted by molar-refractivity contribution is 0.220. The first-order valence-corrected chi connectivity index (χ1v) is 4.79. The van der Waals surface area contributed by atoms with Crippen LogP contribution in [0.2, 0.25) is 0 Å². The van der Waals surface area contributed by atoms with E-state index in [1.165, 1.54) is 0 Å². The average Bonchev–Trinajstić information content (AvgIpc) is 2.35. The van der Waals surface area contributed by atoms with Crippen molar-refractivity contribution < 1.29 is 18.9 Å². The number of methoxy groups -OCH3 is 4. The molecule has 0 aliphatic carbocycles. The van der Waals surface area contributed by atoms with E-state index in [0.717, 1.165) is 5.69 Å². The lowest BCUT2D eigenvalue weighted by atomic mass is 10.2.